The number of allylic oxidation sites excluding steroid dienone is 1. The van der Waals surface area contributed by atoms with E-state index in [4.69, 9.17) is 10.8 Å². The van der Waals surface area contributed by atoms with Crippen molar-refractivity contribution in [3.8, 4) is 0 Å². The van der Waals surface area contributed by atoms with Crippen LogP contribution in [0.2, 0.25) is 0 Å². The average molecular weight is 445 g/mol. The van der Waals surface area contributed by atoms with Crippen molar-refractivity contribution in [1.29, 1.82) is 0 Å². The Kier molecular flexibility index (Phi) is 12.4. The molecule has 4 heteroatoms. The molecule has 2 atom stereocenters. The van der Waals surface area contributed by atoms with Crippen LogP contribution in [0.25, 0.3) is 0 Å². The normalized spacial score (nSPS) is 14.2. The number of unbranched alkanes of at least 4 members (excludes halogenated alkanes) is 7. The molecule has 0 spiro atoms. The monoisotopic (exact) mass is 445 g/mol. The summed E-state index contributed by atoms with van der Waals surface area (Å²) in [4.78, 5) is 0. The third-order valence-corrected chi connectivity index (χ3v) is 4.95. The number of hydrogen-bond donors (Lipinski definition) is 3. The lowest BCUT2D eigenvalue weighted by atomic mass is 10.0. The molecular weight excluding hydrogens is 413 g/mol. The third-order valence-electron chi connectivity index (χ3n) is 4.23. The van der Waals surface area contributed by atoms with Gasteiger partial charge >= 0.3 is 0 Å². The number of benzene rings is 1. The molecule has 0 fully saturated rings. The zero-order valence-corrected chi connectivity index (χ0v) is 16.7. The van der Waals surface area contributed by atoms with Crippen LogP contribution in [0.15, 0.2) is 36.4 Å². The Morgan fingerprint density at radius 1 is 0.958 bits per heavy atom. The zero-order chi connectivity index (χ0) is 17.6. The van der Waals surface area contributed by atoms with Crippen molar-refractivity contribution >= 4 is 22.6 Å². The van der Waals surface area contributed by atoms with Crippen LogP contribution >= 0.6 is 22.6 Å². The van der Waals surface area contributed by atoms with Crippen molar-refractivity contribution in [2.45, 2.75) is 69.9 Å². The minimum absolute atomic E-state index is 0.185. The number of aryl methyl sites for hydroxylation is 1. The molecule has 0 aliphatic heterocycles. The zero-order valence-electron chi connectivity index (χ0n) is 14.5. The number of rotatable bonds is 13. The maximum absolute atomic E-state index is 9.56. The van der Waals surface area contributed by atoms with Gasteiger partial charge in [-0.2, -0.15) is 0 Å². The van der Waals surface area contributed by atoms with Crippen LogP contribution in [0.5, 0.6) is 0 Å². The van der Waals surface area contributed by atoms with Crippen LogP contribution < -0.4 is 5.73 Å². The van der Waals surface area contributed by atoms with Gasteiger partial charge in [-0.1, -0.05) is 56.4 Å². The second-order valence-electron chi connectivity index (χ2n) is 6.41. The summed E-state index contributed by atoms with van der Waals surface area (Å²) in [5, 5.41) is 18.4. The molecule has 0 saturated heterocycles. The summed E-state index contributed by atoms with van der Waals surface area (Å²) >= 11 is 2.34. The fourth-order valence-corrected chi connectivity index (χ4v) is 2.97. The minimum atomic E-state index is -0.733. The number of halogens is 1. The van der Waals surface area contributed by atoms with Gasteiger partial charge in [-0.25, -0.2) is 0 Å². The molecule has 1 rings (SSSR count). The standard InChI is InChI=1S/C20H32INO2/c21-18-14-12-17(13-15-18)10-8-6-4-2-1-3-5-7-9-11-20(24)19(22)16-23/h9,11-15,19-20,23-24H,1-8,10,16,22H2/b11-9+/t19-,20+/m0/s1. The smallest absolute Gasteiger partial charge is 0.0894 e. The van der Waals surface area contributed by atoms with E-state index in [2.05, 4.69) is 46.9 Å². The van der Waals surface area contributed by atoms with E-state index in [0.717, 1.165) is 12.8 Å². The fraction of sp³-hybridized carbons (Fsp3) is 0.600. The van der Waals surface area contributed by atoms with Crippen LogP contribution in [0.3, 0.4) is 0 Å². The highest BCUT2D eigenvalue weighted by atomic mass is 127. The predicted molar refractivity (Wildman–Crippen MR) is 110 cm³/mol. The highest BCUT2D eigenvalue weighted by Gasteiger charge is 2.08. The Bertz CT molecular complexity index is 447. The van der Waals surface area contributed by atoms with Gasteiger partial charge < -0.3 is 15.9 Å². The SMILES string of the molecule is N[C@@H](CO)[C@H](O)/C=C/CCCCCCCCCc1ccc(I)cc1. The Hall–Kier alpha value is -0.430. The van der Waals surface area contributed by atoms with Crippen LogP contribution in [0.4, 0.5) is 0 Å². The molecule has 0 aliphatic carbocycles. The van der Waals surface area contributed by atoms with Gasteiger partial charge in [0.2, 0.25) is 0 Å². The van der Waals surface area contributed by atoms with Crippen LogP contribution in [0.1, 0.15) is 56.9 Å². The van der Waals surface area contributed by atoms with E-state index in [1.54, 1.807) is 6.08 Å². The number of nitrogens with two attached hydrogens (primary N) is 1. The van der Waals surface area contributed by atoms with E-state index in [1.165, 1.54) is 54.1 Å². The van der Waals surface area contributed by atoms with Crippen molar-refractivity contribution in [2.75, 3.05) is 6.61 Å². The van der Waals surface area contributed by atoms with Gasteiger partial charge in [-0.3, -0.25) is 0 Å². The Morgan fingerprint density at radius 3 is 2.17 bits per heavy atom. The van der Waals surface area contributed by atoms with Gasteiger partial charge in [0.05, 0.1) is 18.8 Å². The molecule has 24 heavy (non-hydrogen) atoms. The van der Waals surface area contributed by atoms with Crippen LogP contribution in [0, 0.1) is 3.57 Å². The Labute approximate surface area is 160 Å². The van der Waals surface area contributed by atoms with Gasteiger partial charge in [0.15, 0.2) is 0 Å². The summed E-state index contributed by atoms with van der Waals surface area (Å²) in [5.41, 5.74) is 6.98. The molecule has 0 unspecified atom stereocenters. The second-order valence-corrected chi connectivity index (χ2v) is 7.65. The first-order chi connectivity index (χ1) is 11.6. The molecule has 4 N–H and O–H groups in total. The molecule has 1 aromatic rings. The molecule has 0 aromatic heterocycles. The molecule has 0 saturated carbocycles. The van der Waals surface area contributed by atoms with E-state index >= 15 is 0 Å². The molecular formula is C20H32INO2. The van der Waals surface area contributed by atoms with Gasteiger partial charge in [0.25, 0.3) is 0 Å². The van der Waals surface area contributed by atoms with E-state index in [-0.39, 0.29) is 6.61 Å². The van der Waals surface area contributed by atoms with Crippen LogP contribution in [-0.4, -0.2) is 29.0 Å². The average Bonchev–Trinajstić information content (AvgIpc) is 2.60. The molecule has 0 amide bonds. The van der Waals surface area contributed by atoms with E-state index in [0.29, 0.717) is 0 Å². The molecule has 0 heterocycles. The first kappa shape index (κ1) is 21.6. The minimum Gasteiger partial charge on any atom is -0.395 e. The van der Waals surface area contributed by atoms with Crippen molar-refractivity contribution in [2.24, 2.45) is 5.73 Å². The summed E-state index contributed by atoms with van der Waals surface area (Å²) in [6.45, 7) is -0.185. The first-order valence-corrected chi connectivity index (χ1v) is 10.2. The lowest BCUT2D eigenvalue weighted by Crippen LogP contribution is -2.36. The van der Waals surface area contributed by atoms with Crippen molar-refractivity contribution in [1.82, 2.24) is 0 Å². The summed E-state index contributed by atoms with van der Waals surface area (Å²) in [5.74, 6) is 0. The van der Waals surface area contributed by atoms with Gasteiger partial charge in [-0.05, 0) is 66.0 Å². The molecule has 1 aromatic carbocycles. The summed E-state index contributed by atoms with van der Waals surface area (Å²) < 4.78 is 1.30. The maximum Gasteiger partial charge on any atom is 0.0894 e. The van der Waals surface area contributed by atoms with E-state index in [1.807, 2.05) is 6.08 Å². The number of aliphatic hydroxyl groups is 2. The van der Waals surface area contributed by atoms with E-state index in [9.17, 15) is 5.11 Å². The first-order valence-electron chi connectivity index (χ1n) is 9.09. The van der Waals surface area contributed by atoms with Gasteiger partial charge in [0, 0.05) is 3.57 Å². The maximum atomic E-state index is 9.56. The molecule has 3 nitrogen and oxygen atoms in total. The van der Waals surface area contributed by atoms with Crippen molar-refractivity contribution < 1.29 is 10.2 Å². The van der Waals surface area contributed by atoms with Crippen molar-refractivity contribution in [3.63, 3.8) is 0 Å². The highest BCUT2D eigenvalue weighted by Crippen LogP contribution is 2.13. The third kappa shape index (κ3) is 10.4. The topological polar surface area (TPSA) is 66.5 Å². The Balaban J connectivity index is 1.90. The van der Waals surface area contributed by atoms with Gasteiger partial charge in [-0.15, -0.1) is 0 Å². The lowest BCUT2D eigenvalue weighted by Gasteiger charge is -2.11. The van der Waals surface area contributed by atoms with Crippen LogP contribution in [-0.2, 0) is 6.42 Å². The van der Waals surface area contributed by atoms with Crippen molar-refractivity contribution in [3.05, 3.63) is 45.6 Å². The molecule has 0 radical (unpaired) electrons. The molecule has 136 valence electrons. The summed E-state index contributed by atoms with van der Waals surface area (Å²) in [6.07, 6.45) is 14.0. The fourth-order valence-electron chi connectivity index (χ4n) is 2.61. The van der Waals surface area contributed by atoms with E-state index < -0.39 is 12.1 Å². The number of hydrogen-bond acceptors (Lipinski definition) is 3. The Morgan fingerprint density at radius 2 is 1.54 bits per heavy atom. The second kappa shape index (κ2) is 13.8. The lowest BCUT2D eigenvalue weighted by molar-refractivity contribution is 0.144. The van der Waals surface area contributed by atoms with Gasteiger partial charge in [0.1, 0.15) is 0 Å². The summed E-state index contributed by atoms with van der Waals surface area (Å²) in [7, 11) is 0. The highest BCUT2D eigenvalue weighted by molar-refractivity contribution is 14.1. The summed E-state index contributed by atoms with van der Waals surface area (Å²) in [6, 6.07) is 8.27. The molecule has 0 aliphatic rings. The quantitative estimate of drug-likeness (QED) is 0.242. The number of aliphatic hydroxyl groups excluding tert-OH is 2. The molecule has 0 bridgehead atoms. The predicted octanol–water partition coefficient (Wildman–Crippen LogP) is 4.19. The largest absolute Gasteiger partial charge is 0.395 e.